The van der Waals surface area contributed by atoms with Gasteiger partial charge in [-0.25, -0.2) is 9.88 Å². The number of aromatic nitrogens is 1. The van der Waals surface area contributed by atoms with Crippen molar-refractivity contribution in [1.82, 2.24) is 10.3 Å². The van der Waals surface area contributed by atoms with Crippen LogP contribution in [0.3, 0.4) is 0 Å². The lowest BCUT2D eigenvalue weighted by atomic mass is 10.1. The van der Waals surface area contributed by atoms with Crippen molar-refractivity contribution in [2.75, 3.05) is 4.90 Å². The highest BCUT2D eigenvalue weighted by atomic mass is 32.1. The van der Waals surface area contributed by atoms with Crippen molar-refractivity contribution in [3.63, 3.8) is 0 Å². The molecule has 20 heavy (non-hydrogen) atoms. The van der Waals surface area contributed by atoms with Crippen LogP contribution in [0.25, 0.3) is 0 Å². The van der Waals surface area contributed by atoms with E-state index in [-0.39, 0.29) is 11.9 Å². The largest absolute Gasteiger partial charge is 0.350 e. The van der Waals surface area contributed by atoms with Crippen LogP contribution in [0.1, 0.15) is 11.3 Å². The maximum atomic E-state index is 12.5. The molecule has 0 aliphatic carbocycles. The summed E-state index contributed by atoms with van der Waals surface area (Å²) in [6.45, 7) is 1.90. The van der Waals surface area contributed by atoms with Gasteiger partial charge in [0, 0.05) is 11.8 Å². The van der Waals surface area contributed by atoms with E-state index in [1.807, 2.05) is 42.6 Å². The van der Waals surface area contributed by atoms with Gasteiger partial charge in [0.05, 0.1) is 5.69 Å². The number of thiocarbonyl (C=S) groups is 1. The second-order valence-electron chi connectivity index (χ2n) is 4.64. The van der Waals surface area contributed by atoms with E-state index < -0.39 is 0 Å². The average molecular weight is 303 g/mol. The smallest absolute Gasteiger partial charge is 0.258 e. The highest BCUT2D eigenvalue weighted by Gasteiger charge is 2.37. The number of nitrogens with one attached hydrogen (secondary N) is 1. The van der Waals surface area contributed by atoms with E-state index in [0.717, 1.165) is 11.3 Å². The number of carbonyl (C=O) groups is 1. The standard InChI is InChI=1S/C14H13N3OS2/c1-9-8-20-14(15-9)17-12(18)11(16-13(17)19)7-10-5-3-2-4-6-10/h2-6,8,11H,7H2,1H3,(H,16,19). The van der Waals surface area contributed by atoms with Gasteiger partial charge >= 0.3 is 0 Å². The Kier molecular flexibility index (Phi) is 3.50. The molecule has 0 spiro atoms. The molecule has 1 saturated heterocycles. The molecule has 0 saturated carbocycles. The number of anilines is 1. The van der Waals surface area contributed by atoms with Crippen LogP contribution in [0, 0.1) is 6.92 Å². The number of amides is 1. The van der Waals surface area contributed by atoms with Crippen LogP contribution >= 0.6 is 23.6 Å². The fraction of sp³-hybridized carbons (Fsp3) is 0.214. The summed E-state index contributed by atoms with van der Waals surface area (Å²) in [4.78, 5) is 18.3. The molecule has 3 rings (SSSR count). The van der Waals surface area contributed by atoms with Gasteiger partial charge in [0.15, 0.2) is 10.2 Å². The fourth-order valence-electron chi connectivity index (χ4n) is 2.14. The van der Waals surface area contributed by atoms with Gasteiger partial charge in [0.1, 0.15) is 6.04 Å². The number of hydrogen-bond donors (Lipinski definition) is 1. The molecule has 1 aromatic carbocycles. The average Bonchev–Trinajstić information content (AvgIpc) is 2.96. The number of aryl methyl sites for hydroxylation is 1. The Bertz CT molecular complexity index is 653. The van der Waals surface area contributed by atoms with Crippen LogP contribution in [0.2, 0.25) is 0 Å². The molecule has 6 heteroatoms. The van der Waals surface area contributed by atoms with E-state index in [9.17, 15) is 4.79 Å². The lowest BCUT2D eigenvalue weighted by Crippen LogP contribution is -2.32. The van der Waals surface area contributed by atoms with Crippen molar-refractivity contribution in [1.29, 1.82) is 0 Å². The normalized spacial score (nSPS) is 18.4. The molecular formula is C14H13N3OS2. The highest BCUT2D eigenvalue weighted by Crippen LogP contribution is 2.24. The van der Waals surface area contributed by atoms with Crippen LogP contribution in [0.5, 0.6) is 0 Å². The Morgan fingerprint density at radius 1 is 1.40 bits per heavy atom. The number of rotatable bonds is 3. The third kappa shape index (κ3) is 2.44. The van der Waals surface area contributed by atoms with Gasteiger partial charge in [0.2, 0.25) is 0 Å². The predicted octanol–water partition coefficient (Wildman–Crippen LogP) is 2.28. The molecule has 102 valence electrons. The summed E-state index contributed by atoms with van der Waals surface area (Å²) >= 11 is 6.69. The second-order valence-corrected chi connectivity index (χ2v) is 5.86. The molecule has 1 N–H and O–H groups in total. The first-order chi connectivity index (χ1) is 9.65. The maximum Gasteiger partial charge on any atom is 0.258 e. The lowest BCUT2D eigenvalue weighted by molar-refractivity contribution is -0.118. The van der Waals surface area contributed by atoms with Gasteiger partial charge in [-0.05, 0) is 24.7 Å². The van der Waals surface area contributed by atoms with Crippen LogP contribution in [-0.4, -0.2) is 22.0 Å². The van der Waals surface area contributed by atoms with Crippen molar-refractivity contribution in [2.24, 2.45) is 0 Å². The second kappa shape index (κ2) is 5.30. The van der Waals surface area contributed by atoms with Crippen LogP contribution in [0.4, 0.5) is 5.13 Å². The van der Waals surface area contributed by atoms with E-state index in [1.165, 1.54) is 16.2 Å². The minimum Gasteiger partial charge on any atom is -0.350 e. The van der Waals surface area contributed by atoms with Gasteiger partial charge < -0.3 is 5.32 Å². The first kappa shape index (κ1) is 13.2. The van der Waals surface area contributed by atoms with E-state index in [1.54, 1.807) is 0 Å². The van der Waals surface area contributed by atoms with Gasteiger partial charge in [-0.15, -0.1) is 11.3 Å². The summed E-state index contributed by atoms with van der Waals surface area (Å²) in [6, 6.07) is 9.60. The van der Waals surface area contributed by atoms with E-state index >= 15 is 0 Å². The summed E-state index contributed by atoms with van der Waals surface area (Å²) in [5, 5.41) is 6.07. The molecule has 1 fully saturated rings. The Labute approximate surface area is 126 Å². The summed E-state index contributed by atoms with van der Waals surface area (Å²) in [5.41, 5.74) is 2.01. The van der Waals surface area contributed by atoms with Crippen LogP contribution in [-0.2, 0) is 11.2 Å². The van der Waals surface area contributed by atoms with Crippen LogP contribution in [0.15, 0.2) is 35.7 Å². The topological polar surface area (TPSA) is 45.2 Å². The third-order valence-corrected chi connectivity index (χ3v) is 4.34. The third-order valence-electron chi connectivity index (χ3n) is 3.10. The molecule has 1 amide bonds. The number of nitrogens with zero attached hydrogens (tertiary/aromatic N) is 2. The molecule has 1 unspecified atom stereocenters. The molecule has 0 radical (unpaired) electrons. The number of carbonyl (C=O) groups excluding carboxylic acids is 1. The predicted molar refractivity (Wildman–Crippen MR) is 84.0 cm³/mol. The quantitative estimate of drug-likeness (QED) is 0.884. The van der Waals surface area contributed by atoms with Gasteiger partial charge in [-0.1, -0.05) is 30.3 Å². The van der Waals surface area contributed by atoms with Crippen molar-refractivity contribution in [3.05, 3.63) is 47.0 Å². The molecule has 1 atom stereocenters. The van der Waals surface area contributed by atoms with Crippen LogP contribution < -0.4 is 10.2 Å². The Morgan fingerprint density at radius 2 is 2.15 bits per heavy atom. The lowest BCUT2D eigenvalue weighted by Gasteiger charge is -2.10. The number of benzene rings is 1. The monoisotopic (exact) mass is 303 g/mol. The number of hydrogen-bond acceptors (Lipinski definition) is 4. The van der Waals surface area contributed by atoms with Gasteiger partial charge in [0.25, 0.3) is 5.91 Å². The molecular weight excluding hydrogens is 290 g/mol. The highest BCUT2D eigenvalue weighted by molar-refractivity contribution is 7.80. The van der Waals surface area contributed by atoms with Gasteiger partial charge in [-0.2, -0.15) is 0 Å². The van der Waals surface area contributed by atoms with Crippen molar-refractivity contribution < 1.29 is 4.79 Å². The zero-order valence-corrected chi connectivity index (χ0v) is 12.5. The number of thiazole rings is 1. The zero-order chi connectivity index (χ0) is 14.1. The zero-order valence-electron chi connectivity index (χ0n) is 10.9. The van der Waals surface area contributed by atoms with E-state index in [2.05, 4.69) is 10.3 Å². The summed E-state index contributed by atoms with van der Waals surface area (Å²) in [6.07, 6.45) is 0.626. The first-order valence-corrected chi connectivity index (χ1v) is 7.54. The fourth-order valence-corrected chi connectivity index (χ4v) is 3.33. The summed E-state index contributed by atoms with van der Waals surface area (Å²) in [5.74, 6) is -0.0341. The molecule has 2 aromatic rings. The minimum atomic E-state index is -0.311. The maximum absolute atomic E-state index is 12.5. The van der Waals surface area contributed by atoms with Crippen molar-refractivity contribution >= 4 is 39.7 Å². The minimum absolute atomic E-state index is 0.0341. The molecule has 1 aliphatic rings. The van der Waals surface area contributed by atoms with E-state index in [4.69, 9.17) is 12.2 Å². The van der Waals surface area contributed by atoms with Crippen molar-refractivity contribution in [3.8, 4) is 0 Å². The van der Waals surface area contributed by atoms with E-state index in [0.29, 0.717) is 16.7 Å². The summed E-state index contributed by atoms with van der Waals surface area (Å²) in [7, 11) is 0. The molecule has 4 nitrogen and oxygen atoms in total. The van der Waals surface area contributed by atoms with Crippen molar-refractivity contribution in [2.45, 2.75) is 19.4 Å². The SMILES string of the molecule is Cc1csc(N2C(=O)C(Cc3ccccc3)NC2=S)n1. The molecule has 1 aromatic heterocycles. The summed E-state index contributed by atoms with van der Waals surface area (Å²) < 4.78 is 0. The molecule has 0 bridgehead atoms. The Balaban J connectivity index is 1.80. The Morgan fingerprint density at radius 3 is 2.80 bits per heavy atom. The molecule has 2 heterocycles. The Hall–Kier alpha value is -1.79. The first-order valence-electron chi connectivity index (χ1n) is 6.25. The van der Waals surface area contributed by atoms with Gasteiger partial charge in [-0.3, -0.25) is 4.79 Å². The molecule has 1 aliphatic heterocycles.